The number of likely N-dealkylation sites (tertiary alicyclic amines) is 1. The second-order valence-corrected chi connectivity index (χ2v) is 9.42. The Morgan fingerprint density at radius 3 is 2.43 bits per heavy atom. The summed E-state index contributed by atoms with van der Waals surface area (Å²) in [6.45, 7) is 2.75. The number of thiophene rings is 1. The van der Waals surface area contributed by atoms with Crippen LogP contribution in [0.2, 0.25) is 0 Å². The van der Waals surface area contributed by atoms with Crippen molar-refractivity contribution in [2.24, 2.45) is 0 Å². The van der Waals surface area contributed by atoms with Crippen LogP contribution in [-0.4, -0.2) is 38.6 Å². The van der Waals surface area contributed by atoms with Gasteiger partial charge in [0.15, 0.2) is 9.84 Å². The summed E-state index contributed by atoms with van der Waals surface area (Å²) in [5, 5.41) is 0. The van der Waals surface area contributed by atoms with Crippen molar-refractivity contribution in [2.45, 2.75) is 16.5 Å². The topological polar surface area (TPSA) is 54.5 Å². The second-order valence-electron chi connectivity index (χ2n) is 6.09. The van der Waals surface area contributed by atoms with Crippen molar-refractivity contribution in [2.75, 3.05) is 19.3 Å². The zero-order valence-electron chi connectivity index (χ0n) is 12.7. The van der Waals surface area contributed by atoms with Gasteiger partial charge in [-0.2, -0.15) is 0 Å². The lowest BCUT2D eigenvalue weighted by atomic mass is 9.75. The minimum atomic E-state index is -3.30. The third-order valence-corrected chi connectivity index (χ3v) is 6.94. The van der Waals surface area contributed by atoms with Gasteiger partial charge in [-0.25, -0.2) is 12.8 Å². The summed E-state index contributed by atoms with van der Waals surface area (Å²) < 4.78 is 37.1. The van der Waals surface area contributed by atoms with Gasteiger partial charge in [-0.15, -0.1) is 11.3 Å². The molecule has 1 fully saturated rings. The van der Waals surface area contributed by atoms with E-state index >= 15 is 0 Å². The fourth-order valence-electron chi connectivity index (χ4n) is 2.85. The first kappa shape index (κ1) is 16.1. The van der Waals surface area contributed by atoms with Gasteiger partial charge in [0.2, 0.25) is 0 Å². The SMILES string of the molecule is CC1(c2ccccc2F)CN(C(=O)c2ccc(S(C)(=O)=O)s2)C1. The molecule has 1 aromatic heterocycles. The number of benzene rings is 1. The summed E-state index contributed by atoms with van der Waals surface area (Å²) in [6.07, 6.45) is 1.12. The molecule has 0 spiro atoms. The van der Waals surface area contributed by atoms with Gasteiger partial charge < -0.3 is 4.90 Å². The average molecular weight is 353 g/mol. The highest BCUT2D eigenvalue weighted by molar-refractivity contribution is 7.92. The van der Waals surface area contributed by atoms with E-state index in [-0.39, 0.29) is 15.9 Å². The van der Waals surface area contributed by atoms with E-state index < -0.39 is 15.3 Å². The van der Waals surface area contributed by atoms with Crippen LogP contribution in [0, 0.1) is 5.82 Å². The predicted octanol–water partition coefficient (Wildman–Crippen LogP) is 2.70. The van der Waals surface area contributed by atoms with Crippen LogP contribution in [-0.2, 0) is 15.3 Å². The molecule has 1 saturated heterocycles. The van der Waals surface area contributed by atoms with Crippen LogP contribution in [0.25, 0.3) is 0 Å². The van der Waals surface area contributed by atoms with Crippen LogP contribution in [0.4, 0.5) is 4.39 Å². The van der Waals surface area contributed by atoms with Crippen LogP contribution in [0.3, 0.4) is 0 Å². The number of rotatable bonds is 3. The number of hydrogen-bond acceptors (Lipinski definition) is 4. The highest BCUT2D eigenvalue weighted by Gasteiger charge is 2.44. The van der Waals surface area contributed by atoms with E-state index in [9.17, 15) is 17.6 Å². The maximum atomic E-state index is 13.9. The molecular weight excluding hydrogens is 337 g/mol. The van der Waals surface area contributed by atoms with Gasteiger partial charge in [0.25, 0.3) is 5.91 Å². The molecule has 0 radical (unpaired) electrons. The molecule has 0 atom stereocenters. The van der Waals surface area contributed by atoms with E-state index in [1.807, 2.05) is 6.92 Å². The van der Waals surface area contributed by atoms with E-state index in [1.165, 1.54) is 18.2 Å². The van der Waals surface area contributed by atoms with Crippen molar-refractivity contribution in [3.8, 4) is 0 Å². The molecule has 2 heterocycles. The number of carbonyl (C=O) groups is 1. The van der Waals surface area contributed by atoms with Gasteiger partial charge >= 0.3 is 0 Å². The molecule has 0 bridgehead atoms. The van der Waals surface area contributed by atoms with E-state index in [1.54, 1.807) is 23.1 Å². The van der Waals surface area contributed by atoms with Crippen LogP contribution < -0.4 is 0 Å². The van der Waals surface area contributed by atoms with Crippen molar-refractivity contribution in [1.82, 2.24) is 4.90 Å². The maximum Gasteiger partial charge on any atom is 0.264 e. The second kappa shape index (κ2) is 5.42. The summed E-state index contributed by atoms with van der Waals surface area (Å²) in [5.74, 6) is -0.476. The molecule has 0 N–H and O–H groups in total. The minimum Gasteiger partial charge on any atom is -0.336 e. The molecule has 3 rings (SSSR count). The Morgan fingerprint density at radius 2 is 1.87 bits per heavy atom. The van der Waals surface area contributed by atoms with Gasteiger partial charge in [0.1, 0.15) is 10.0 Å². The summed E-state index contributed by atoms with van der Waals surface area (Å²) in [4.78, 5) is 14.4. The third-order valence-electron chi connectivity index (χ3n) is 4.05. The largest absolute Gasteiger partial charge is 0.336 e. The number of amides is 1. The lowest BCUT2D eigenvalue weighted by Gasteiger charge is -2.48. The quantitative estimate of drug-likeness (QED) is 0.852. The monoisotopic (exact) mass is 353 g/mol. The molecule has 0 aliphatic carbocycles. The fourth-order valence-corrected chi connectivity index (χ4v) is 4.75. The van der Waals surface area contributed by atoms with Gasteiger partial charge in [-0.05, 0) is 23.8 Å². The van der Waals surface area contributed by atoms with E-state index in [0.717, 1.165) is 17.6 Å². The molecule has 1 aromatic carbocycles. The first-order valence-electron chi connectivity index (χ1n) is 7.05. The molecule has 1 aliphatic heterocycles. The first-order chi connectivity index (χ1) is 10.7. The molecule has 23 heavy (non-hydrogen) atoms. The molecule has 2 aromatic rings. The van der Waals surface area contributed by atoms with Crippen molar-refractivity contribution in [3.05, 3.63) is 52.7 Å². The summed E-state index contributed by atoms with van der Waals surface area (Å²) in [5.41, 5.74) is 0.199. The molecule has 4 nitrogen and oxygen atoms in total. The standard InChI is InChI=1S/C16H16FNO3S2/c1-16(11-5-3-4-6-12(11)17)9-18(10-16)15(19)13-7-8-14(22-13)23(2,20)21/h3-8H,9-10H2,1-2H3. The number of hydrogen-bond donors (Lipinski definition) is 0. The Balaban J connectivity index is 1.75. The molecule has 1 amide bonds. The Hall–Kier alpha value is -1.73. The molecule has 1 aliphatic rings. The number of sulfone groups is 1. The summed E-state index contributed by atoms with van der Waals surface area (Å²) in [7, 11) is -3.30. The lowest BCUT2D eigenvalue weighted by Crippen LogP contribution is -2.59. The van der Waals surface area contributed by atoms with Gasteiger partial charge in [0.05, 0.1) is 4.88 Å². The number of carbonyl (C=O) groups excluding carboxylic acids is 1. The van der Waals surface area contributed by atoms with E-state index in [2.05, 4.69) is 0 Å². The fraction of sp³-hybridized carbons (Fsp3) is 0.312. The zero-order chi connectivity index (χ0) is 16.8. The van der Waals surface area contributed by atoms with Crippen molar-refractivity contribution in [1.29, 1.82) is 0 Å². The van der Waals surface area contributed by atoms with Crippen molar-refractivity contribution < 1.29 is 17.6 Å². The molecule has 0 unspecified atom stereocenters. The molecule has 7 heteroatoms. The minimum absolute atomic E-state index is 0.179. The normalized spacial score (nSPS) is 16.9. The highest BCUT2D eigenvalue weighted by atomic mass is 32.2. The summed E-state index contributed by atoms with van der Waals surface area (Å²) in [6, 6.07) is 9.56. The van der Waals surface area contributed by atoms with E-state index in [4.69, 9.17) is 0 Å². The average Bonchev–Trinajstić information content (AvgIpc) is 2.93. The summed E-state index contributed by atoms with van der Waals surface area (Å²) >= 11 is 0.971. The number of halogens is 1. The predicted molar refractivity (Wildman–Crippen MR) is 87.1 cm³/mol. The molecular formula is C16H16FNO3S2. The van der Waals surface area contributed by atoms with Crippen LogP contribution in [0.15, 0.2) is 40.6 Å². The smallest absolute Gasteiger partial charge is 0.264 e. The van der Waals surface area contributed by atoms with Crippen LogP contribution in [0.5, 0.6) is 0 Å². The van der Waals surface area contributed by atoms with Crippen molar-refractivity contribution in [3.63, 3.8) is 0 Å². The molecule has 0 saturated carbocycles. The van der Waals surface area contributed by atoms with E-state index in [0.29, 0.717) is 23.5 Å². The van der Waals surface area contributed by atoms with Gasteiger partial charge in [-0.1, -0.05) is 25.1 Å². The van der Waals surface area contributed by atoms with Crippen LogP contribution >= 0.6 is 11.3 Å². The Morgan fingerprint density at radius 1 is 1.22 bits per heavy atom. The van der Waals surface area contributed by atoms with Crippen LogP contribution in [0.1, 0.15) is 22.2 Å². The number of nitrogens with zero attached hydrogens (tertiary/aromatic N) is 1. The third kappa shape index (κ3) is 2.90. The Labute approximate surface area is 138 Å². The Bertz CT molecular complexity index is 867. The highest BCUT2D eigenvalue weighted by Crippen LogP contribution is 2.37. The molecule has 122 valence electrons. The zero-order valence-corrected chi connectivity index (χ0v) is 14.4. The first-order valence-corrected chi connectivity index (χ1v) is 9.76. The Kier molecular flexibility index (Phi) is 3.80. The lowest BCUT2D eigenvalue weighted by molar-refractivity contribution is 0.0430. The maximum absolute atomic E-state index is 13.9. The van der Waals surface area contributed by atoms with Gasteiger partial charge in [0, 0.05) is 24.8 Å². The van der Waals surface area contributed by atoms with Crippen molar-refractivity contribution >= 4 is 27.1 Å². The van der Waals surface area contributed by atoms with Gasteiger partial charge in [-0.3, -0.25) is 4.79 Å².